The second-order valence-electron chi connectivity index (χ2n) is 5.56. The van der Waals surface area contributed by atoms with Crippen molar-refractivity contribution in [1.82, 2.24) is 0 Å². The number of carbonyl (C=O) groups is 1. The first-order valence-corrected chi connectivity index (χ1v) is 7.97. The van der Waals surface area contributed by atoms with Crippen LogP contribution >= 0.6 is 0 Å². The van der Waals surface area contributed by atoms with E-state index in [4.69, 9.17) is 4.74 Å². The Hall–Kier alpha value is -3.67. The summed E-state index contributed by atoms with van der Waals surface area (Å²) in [6.45, 7) is 0. The molecule has 6 nitrogen and oxygen atoms in total. The fourth-order valence-corrected chi connectivity index (χ4v) is 2.39. The van der Waals surface area contributed by atoms with Gasteiger partial charge in [-0.15, -0.1) is 0 Å². The molecule has 1 N–H and O–H groups in total. The van der Waals surface area contributed by atoms with Gasteiger partial charge in [-0.25, -0.2) is 0 Å². The van der Waals surface area contributed by atoms with E-state index < -0.39 is 4.92 Å². The molecule has 0 aliphatic carbocycles. The standard InChI is InChI=1S/C20H16N2O4/c23-20(14-15-10-12-16(13-11-15)22(24)25)21-18-8-4-5-9-19(18)26-17-6-2-1-3-7-17/h1-13H,14H2,(H,21,23). The number of rotatable bonds is 6. The summed E-state index contributed by atoms with van der Waals surface area (Å²) >= 11 is 0. The first kappa shape index (κ1) is 17.2. The summed E-state index contributed by atoms with van der Waals surface area (Å²) in [6, 6.07) is 22.4. The van der Waals surface area contributed by atoms with Gasteiger partial charge in [-0.3, -0.25) is 14.9 Å². The van der Waals surface area contributed by atoms with Crippen molar-refractivity contribution in [1.29, 1.82) is 0 Å². The fraction of sp³-hybridized carbons (Fsp3) is 0.0500. The van der Waals surface area contributed by atoms with E-state index in [1.54, 1.807) is 30.3 Å². The summed E-state index contributed by atoms with van der Waals surface area (Å²) in [7, 11) is 0. The quantitative estimate of drug-likeness (QED) is 0.523. The van der Waals surface area contributed by atoms with Gasteiger partial charge in [0.2, 0.25) is 5.91 Å². The van der Waals surface area contributed by atoms with Crippen LogP contribution in [0.5, 0.6) is 11.5 Å². The molecule has 0 aromatic heterocycles. The minimum absolute atomic E-state index is 0.00392. The molecular weight excluding hydrogens is 332 g/mol. The normalized spacial score (nSPS) is 10.2. The van der Waals surface area contributed by atoms with E-state index in [0.29, 0.717) is 22.7 Å². The number of nitrogens with zero attached hydrogens (tertiary/aromatic N) is 1. The number of hydrogen-bond acceptors (Lipinski definition) is 4. The summed E-state index contributed by atoms with van der Waals surface area (Å²) in [6.07, 6.45) is 0.109. The highest BCUT2D eigenvalue weighted by Crippen LogP contribution is 2.29. The van der Waals surface area contributed by atoms with E-state index in [9.17, 15) is 14.9 Å². The monoisotopic (exact) mass is 348 g/mol. The van der Waals surface area contributed by atoms with Gasteiger partial charge in [0, 0.05) is 12.1 Å². The Morgan fingerprint density at radius 1 is 0.923 bits per heavy atom. The third-order valence-corrected chi connectivity index (χ3v) is 3.64. The van der Waals surface area contributed by atoms with Crippen molar-refractivity contribution in [3.05, 3.63) is 94.5 Å². The van der Waals surface area contributed by atoms with Crippen LogP contribution in [-0.4, -0.2) is 10.8 Å². The van der Waals surface area contributed by atoms with E-state index in [0.717, 1.165) is 0 Å². The van der Waals surface area contributed by atoms with Crippen LogP contribution in [0.3, 0.4) is 0 Å². The second kappa shape index (κ2) is 7.94. The number of nitrogens with one attached hydrogen (secondary N) is 1. The van der Waals surface area contributed by atoms with Gasteiger partial charge in [-0.1, -0.05) is 42.5 Å². The number of para-hydroxylation sites is 3. The average Bonchev–Trinajstić information content (AvgIpc) is 2.64. The fourth-order valence-electron chi connectivity index (χ4n) is 2.39. The molecule has 3 aromatic carbocycles. The Kier molecular flexibility index (Phi) is 5.24. The molecule has 0 radical (unpaired) electrons. The van der Waals surface area contributed by atoms with Crippen molar-refractivity contribution >= 4 is 17.3 Å². The van der Waals surface area contributed by atoms with Gasteiger partial charge in [-0.2, -0.15) is 0 Å². The number of ether oxygens (including phenoxy) is 1. The molecule has 3 rings (SSSR count). The van der Waals surface area contributed by atoms with Gasteiger partial charge in [0.05, 0.1) is 17.0 Å². The van der Waals surface area contributed by atoms with Crippen molar-refractivity contribution in [2.75, 3.05) is 5.32 Å². The zero-order valence-electron chi connectivity index (χ0n) is 13.8. The summed E-state index contributed by atoms with van der Waals surface area (Å²) in [5.41, 5.74) is 1.24. The molecule has 6 heteroatoms. The average molecular weight is 348 g/mol. The van der Waals surface area contributed by atoms with Crippen LogP contribution < -0.4 is 10.1 Å². The molecule has 130 valence electrons. The lowest BCUT2D eigenvalue weighted by Crippen LogP contribution is -2.14. The zero-order chi connectivity index (χ0) is 18.4. The minimum Gasteiger partial charge on any atom is -0.455 e. The largest absolute Gasteiger partial charge is 0.455 e. The number of amides is 1. The predicted molar refractivity (Wildman–Crippen MR) is 98.4 cm³/mol. The predicted octanol–water partition coefficient (Wildman–Crippen LogP) is 4.57. The Morgan fingerprint density at radius 3 is 2.27 bits per heavy atom. The Labute approximate surface area is 150 Å². The summed E-state index contributed by atoms with van der Waals surface area (Å²) in [4.78, 5) is 22.5. The number of non-ortho nitro benzene ring substituents is 1. The second-order valence-corrected chi connectivity index (χ2v) is 5.56. The van der Waals surface area contributed by atoms with Crippen LogP contribution in [-0.2, 0) is 11.2 Å². The summed E-state index contributed by atoms with van der Waals surface area (Å²) in [5.74, 6) is 0.975. The lowest BCUT2D eigenvalue weighted by molar-refractivity contribution is -0.384. The number of carbonyl (C=O) groups excluding carboxylic acids is 1. The van der Waals surface area contributed by atoms with Crippen LogP contribution in [0.15, 0.2) is 78.9 Å². The molecule has 0 spiro atoms. The van der Waals surface area contributed by atoms with E-state index in [1.807, 2.05) is 36.4 Å². The molecule has 0 atom stereocenters. The Bertz CT molecular complexity index is 909. The molecular formula is C20H16N2O4. The van der Waals surface area contributed by atoms with E-state index in [2.05, 4.69) is 5.32 Å². The highest BCUT2D eigenvalue weighted by molar-refractivity contribution is 5.93. The van der Waals surface area contributed by atoms with E-state index in [-0.39, 0.29) is 18.0 Å². The number of anilines is 1. The zero-order valence-corrected chi connectivity index (χ0v) is 13.8. The van der Waals surface area contributed by atoms with Gasteiger partial charge in [0.15, 0.2) is 5.75 Å². The Morgan fingerprint density at radius 2 is 1.58 bits per heavy atom. The minimum atomic E-state index is -0.471. The highest BCUT2D eigenvalue weighted by atomic mass is 16.6. The maximum atomic E-state index is 12.3. The van der Waals surface area contributed by atoms with Crippen LogP contribution in [0.1, 0.15) is 5.56 Å². The molecule has 0 unspecified atom stereocenters. The lowest BCUT2D eigenvalue weighted by atomic mass is 10.1. The third kappa shape index (κ3) is 4.45. The topological polar surface area (TPSA) is 81.5 Å². The molecule has 1 amide bonds. The highest BCUT2D eigenvalue weighted by Gasteiger charge is 2.10. The molecule has 0 saturated heterocycles. The van der Waals surface area contributed by atoms with E-state index >= 15 is 0 Å². The van der Waals surface area contributed by atoms with Gasteiger partial charge in [-0.05, 0) is 29.8 Å². The van der Waals surface area contributed by atoms with Gasteiger partial charge < -0.3 is 10.1 Å². The SMILES string of the molecule is O=C(Cc1ccc([N+](=O)[O-])cc1)Nc1ccccc1Oc1ccccc1. The Balaban J connectivity index is 1.68. The molecule has 3 aromatic rings. The van der Waals surface area contributed by atoms with Crippen molar-refractivity contribution in [2.45, 2.75) is 6.42 Å². The number of benzene rings is 3. The first-order valence-electron chi connectivity index (χ1n) is 7.97. The van der Waals surface area contributed by atoms with Gasteiger partial charge >= 0.3 is 0 Å². The van der Waals surface area contributed by atoms with Crippen molar-refractivity contribution in [3.63, 3.8) is 0 Å². The van der Waals surface area contributed by atoms with Crippen molar-refractivity contribution in [2.24, 2.45) is 0 Å². The molecule has 0 bridgehead atoms. The van der Waals surface area contributed by atoms with Crippen molar-refractivity contribution in [3.8, 4) is 11.5 Å². The molecule has 0 aliphatic rings. The van der Waals surface area contributed by atoms with Crippen LogP contribution in [0.2, 0.25) is 0 Å². The molecule has 0 saturated carbocycles. The number of hydrogen-bond donors (Lipinski definition) is 1. The lowest BCUT2D eigenvalue weighted by Gasteiger charge is -2.12. The van der Waals surface area contributed by atoms with Gasteiger partial charge in [0.1, 0.15) is 5.75 Å². The summed E-state index contributed by atoms with van der Waals surface area (Å²) < 4.78 is 5.81. The van der Waals surface area contributed by atoms with Crippen LogP contribution in [0, 0.1) is 10.1 Å². The van der Waals surface area contributed by atoms with Crippen LogP contribution in [0.25, 0.3) is 0 Å². The third-order valence-electron chi connectivity index (χ3n) is 3.64. The molecule has 0 fully saturated rings. The van der Waals surface area contributed by atoms with Crippen LogP contribution in [0.4, 0.5) is 11.4 Å². The molecule has 0 heterocycles. The van der Waals surface area contributed by atoms with Gasteiger partial charge in [0.25, 0.3) is 5.69 Å². The molecule has 0 aliphatic heterocycles. The number of nitro groups is 1. The molecule has 26 heavy (non-hydrogen) atoms. The maximum absolute atomic E-state index is 12.3. The summed E-state index contributed by atoms with van der Waals surface area (Å²) in [5, 5.41) is 13.5. The number of nitro benzene ring substituents is 1. The van der Waals surface area contributed by atoms with Crippen molar-refractivity contribution < 1.29 is 14.5 Å². The maximum Gasteiger partial charge on any atom is 0.269 e. The smallest absolute Gasteiger partial charge is 0.269 e. The van der Waals surface area contributed by atoms with E-state index in [1.165, 1.54) is 12.1 Å². The first-order chi connectivity index (χ1) is 12.6.